The number of aromatic nitrogens is 4. The Labute approximate surface area is 138 Å². The quantitative estimate of drug-likeness (QED) is 0.728. The number of nitrogens with one attached hydrogen (secondary N) is 2. The lowest BCUT2D eigenvalue weighted by molar-refractivity contribution is 0.0934. The molecule has 0 aliphatic heterocycles. The van der Waals surface area contributed by atoms with Gasteiger partial charge in [-0.3, -0.25) is 9.48 Å². The summed E-state index contributed by atoms with van der Waals surface area (Å²) >= 11 is 1.75. The molecule has 0 unspecified atom stereocenters. The van der Waals surface area contributed by atoms with Crippen LogP contribution >= 0.6 is 11.8 Å². The van der Waals surface area contributed by atoms with Crippen LogP contribution in [0.25, 0.3) is 11.0 Å². The van der Waals surface area contributed by atoms with Gasteiger partial charge in [0.1, 0.15) is 5.82 Å². The van der Waals surface area contributed by atoms with Crippen LogP contribution in [0, 0.1) is 0 Å². The molecule has 2 N–H and O–H groups in total. The fourth-order valence-corrected chi connectivity index (χ4v) is 2.90. The summed E-state index contributed by atoms with van der Waals surface area (Å²) < 4.78 is 1.62. The van der Waals surface area contributed by atoms with Gasteiger partial charge in [0.05, 0.1) is 28.8 Å². The fourth-order valence-electron chi connectivity index (χ4n) is 2.43. The molecule has 0 radical (unpaired) electrons. The van der Waals surface area contributed by atoms with Crippen LogP contribution in [0.2, 0.25) is 0 Å². The second-order valence-electron chi connectivity index (χ2n) is 5.35. The maximum Gasteiger partial charge on any atom is 0.255 e. The van der Waals surface area contributed by atoms with Gasteiger partial charge in [-0.15, -0.1) is 0 Å². The maximum atomic E-state index is 12.4. The molecule has 23 heavy (non-hydrogen) atoms. The van der Waals surface area contributed by atoms with Gasteiger partial charge in [-0.2, -0.15) is 16.9 Å². The predicted octanol–water partition coefficient (Wildman–Crippen LogP) is 2.52. The standard InChI is InChI=1S/C16H19N5OS/c1-21-10-11(9-17-21)16(22)20-14(7-8-23-2)15-18-12-5-3-4-6-13(12)19-15/h3-6,9-10,14H,7-8H2,1-2H3,(H,18,19)(H,20,22)/t14-/m1/s1. The summed E-state index contributed by atoms with van der Waals surface area (Å²) in [6, 6.07) is 7.72. The molecule has 2 aromatic heterocycles. The molecule has 3 rings (SSSR count). The number of hydrogen-bond acceptors (Lipinski definition) is 4. The maximum absolute atomic E-state index is 12.4. The van der Waals surface area contributed by atoms with Gasteiger partial charge >= 0.3 is 0 Å². The minimum absolute atomic E-state index is 0.135. The van der Waals surface area contributed by atoms with E-state index in [1.54, 1.807) is 35.9 Å². The van der Waals surface area contributed by atoms with Crippen molar-refractivity contribution in [2.75, 3.05) is 12.0 Å². The molecule has 0 saturated heterocycles. The van der Waals surface area contributed by atoms with E-state index in [9.17, 15) is 4.79 Å². The summed E-state index contributed by atoms with van der Waals surface area (Å²) in [6.07, 6.45) is 6.14. The SMILES string of the molecule is CSCC[C@@H](NC(=O)c1cnn(C)c1)c1nc2ccccc2[nH]1. The number of carbonyl (C=O) groups excluding carboxylic acids is 1. The van der Waals surface area contributed by atoms with E-state index in [1.807, 2.05) is 24.3 Å². The Morgan fingerprint density at radius 1 is 1.43 bits per heavy atom. The number of amides is 1. The fraction of sp³-hybridized carbons (Fsp3) is 0.312. The van der Waals surface area contributed by atoms with Crippen molar-refractivity contribution in [3.8, 4) is 0 Å². The third-order valence-corrected chi connectivity index (χ3v) is 4.26. The lowest BCUT2D eigenvalue weighted by Crippen LogP contribution is -2.29. The van der Waals surface area contributed by atoms with Crippen molar-refractivity contribution in [1.82, 2.24) is 25.1 Å². The molecule has 6 nitrogen and oxygen atoms in total. The number of H-pyrrole nitrogens is 1. The van der Waals surface area contributed by atoms with Crippen molar-refractivity contribution in [3.05, 3.63) is 48.0 Å². The number of carbonyl (C=O) groups is 1. The van der Waals surface area contributed by atoms with E-state index in [2.05, 4.69) is 26.6 Å². The Morgan fingerprint density at radius 3 is 2.96 bits per heavy atom. The Balaban J connectivity index is 1.83. The number of thioether (sulfide) groups is 1. The Hall–Kier alpha value is -2.28. The lowest BCUT2D eigenvalue weighted by Gasteiger charge is -2.15. The number of para-hydroxylation sites is 2. The molecular weight excluding hydrogens is 310 g/mol. The normalized spacial score (nSPS) is 12.4. The average molecular weight is 329 g/mol. The zero-order chi connectivity index (χ0) is 16.2. The van der Waals surface area contributed by atoms with Gasteiger partial charge in [-0.1, -0.05) is 12.1 Å². The molecule has 1 atom stereocenters. The lowest BCUT2D eigenvalue weighted by atomic mass is 10.2. The first kappa shape index (κ1) is 15.6. The molecule has 0 aliphatic carbocycles. The highest BCUT2D eigenvalue weighted by Crippen LogP contribution is 2.20. The highest BCUT2D eigenvalue weighted by Gasteiger charge is 2.19. The van der Waals surface area contributed by atoms with Crippen LogP contribution in [-0.2, 0) is 7.05 Å². The minimum atomic E-state index is -0.150. The molecule has 1 amide bonds. The van der Waals surface area contributed by atoms with Crippen molar-refractivity contribution in [2.24, 2.45) is 7.05 Å². The number of fused-ring (bicyclic) bond motifs is 1. The second-order valence-corrected chi connectivity index (χ2v) is 6.33. The van der Waals surface area contributed by atoms with Gasteiger partial charge in [-0.25, -0.2) is 4.98 Å². The van der Waals surface area contributed by atoms with Crippen LogP contribution in [-0.4, -0.2) is 37.7 Å². The van der Waals surface area contributed by atoms with Gasteiger partial charge in [0.2, 0.25) is 0 Å². The molecule has 3 aromatic rings. The number of hydrogen-bond donors (Lipinski definition) is 2. The first-order valence-corrected chi connectivity index (χ1v) is 8.80. The van der Waals surface area contributed by atoms with Crippen LogP contribution in [0.1, 0.15) is 28.6 Å². The highest BCUT2D eigenvalue weighted by molar-refractivity contribution is 7.98. The average Bonchev–Trinajstić information content (AvgIpc) is 3.17. The van der Waals surface area contributed by atoms with E-state index in [4.69, 9.17) is 0 Å². The molecule has 0 aliphatic rings. The van der Waals surface area contributed by atoms with E-state index < -0.39 is 0 Å². The number of aryl methyl sites for hydroxylation is 1. The van der Waals surface area contributed by atoms with Crippen molar-refractivity contribution in [2.45, 2.75) is 12.5 Å². The summed E-state index contributed by atoms with van der Waals surface area (Å²) in [6.45, 7) is 0. The second kappa shape index (κ2) is 6.87. The molecule has 2 heterocycles. The molecule has 0 bridgehead atoms. The summed E-state index contributed by atoms with van der Waals surface area (Å²) in [4.78, 5) is 20.3. The molecule has 1 aromatic carbocycles. The molecule has 0 saturated carbocycles. The monoisotopic (exact) mass is 329 g/mol. The molecule has 0 fully saturated rings. The number of benzene rings is 1. The van der Waals surface area contributed by atoms with Crippen LogP contribution < -0.4 is 5.32 Å². The van der Waals surface area contributed by atoms with Gasteiger partial charge < -0.3 is 10.3 Å². The van der Waals surface area contributed by atoms with Gasteiger partial charge in [-0.05, 0) is 30.6 Å². The van der Waals surface area contributed by atoms with E-state index >= 15 is 0 Å². The highest BCUT2D eigenvalue weighted by atomic mass is 32.2. The predicted molar refractivity (Wildman–Crippen MR) is 92.5 cm³/mol. The van der Waals surface area contributed by atoms with E-state index in [0.29, 0.717) is 5.56 Å². The summed E-state index contributed by atoms with van der Waals surface area (Å²) in [5.41, 5.74) is 2.44. The van der Waals surface area contributed by atoms with Crippen LogP contribution in [0.3, 0.4) is 0 Å². The summed E-state index contributed by atoms with van der Waals surface area (Å²) in [7, 11) is 1.79. The number of rotatable bonds is 6. The Morgan fingerprint density at radius 2 is 2.26 bits per heavy atom. The van der Waals surface area contributed by atoms with Crippen molar-refractivity contribution in [3.63, 3.8) is 0 Å². The Kier molecular flexibility index (Phi) is 4.66. The first-order valence-electron chi connectivity index (χ1n) is 7.40. The van der Waals surface area contributed by atoms with E-state index in [1.165, 1.54) is 0 Å². The summed E-state index contributed by atoms with van der Waals surface area (Å²) in [5, 5.41) is 7.10. The van der Waals surface area contributed by atoms with Crippen molar-refractivity contribution >= 4 is 28.7 Å². The van der Waals surface area contributed by atoms with E-state index in [-0.39, 0.29) is 11.9 Å². The third-order valence-electron chi connectivity index (χ3n) is 3.62. The van der Waals surface area contributed by atoms with Crippen LogP contribution in [0.5, 0.6) is 0 Å². The van der Waals surface area contributed by atoms with Crippen LogP contribution in [0.4, 0.5) is 0 Å². The zero-order valence-corrected chi connectivity index (χ0v) is 13.9. The van der Waals surface area contributed by atoms with Gasteiger partial charge in [0.25, 0.3) is 5.91 Å². The Bertz CT molecular complexity index is 777. The smallest absolute Gasteiger partial charge is 0.255 e. The third kappa shape index (κ3) is 3.56. The van der Waals surface area contributed by atoms with Gasteiger partial charge in [0.15, 0.2) is 0 Å². The molecule has 0 spiro atoms. The minimum Gasteiger partial charge on any atom is -0.342 e. The van der Waals surface area contributed by atoms with Crippen LogP contribution in [0.15, 0.2) is 36.7 Å². The van der Waals surface area contributed by atoms with E-state index in [0.717, 1.165) is 29.0 Å². The zero-order valence-electron chi connectivity index (χ0n) is 13.1. The first-order chi connectivity index (χ1) is 11.2. The molecular formula is C16H19N5OS. The molecule has 120 valence electrons. The number of aromatic amines is 1. The van der Waals surface area contributed by atoms with Crippen molar-refractivity contribution < 1.29 is 4.79 Å². The topological polar surface area (TPSA) is 75.6 Å². The molecule has 7 heteroatoms. The summed E-state index contributed by atoms with van der Waals surface area (Å²) in [5.74, 6) is 1.59. The van der Waals surface area contributed by atoms with Crippen molar-refractivity contribution in [1.29, 1.82) is 0 Å². The number of nitrogens with zero attached hydrogens (tertiary/aromatic N) is 3. The van der Waals surface area contributed by atoms with Gasteiger partial charge in [0, 0.05) is 13.2 Å². The largest absolute Gasteiger partial charge is 0.342 e. The number of imidazole rings is 1.